The minimum Gasteiger partial charge on any atom is -0.375 e. The zero-order valence-corrected chi connectivity index (χ0v) is 15.4. The summed E-state index contributed by atoms with van der Waals surface area (Å²) in [4.78, 5) is 36.3. The van der Waals surface area contributed by atoms with Crippen LogP contribution in [0.3, 0.4) is 0 Å². The second-order valence-electron chi connectivity index (χ2n) is 6.38. The molecule has 0 saturated carbocycles. The van der Waals surface area contributed by atoms with Crippen molar-refractivity contribution in [2.24, 2.45) is 0 Å². The molecule has 0 aliphatic carbocycles. The molecule has 0 bridgehead atoms. The van der Waals surface area contributed by atoms with Crippen LogP contribution in [0.5, 0.6) is 0 Å². The van der Waals surface area contributed by atoms with E-state index in [-0.39, 0.29) is 30.3 Å². The number of aromatic nitrogens is 5. The Bertz CT molecular complexity index is 761. The van der Waals surface area contributed by atoms with Gasteiger partial charge in [-0.2, -0.15) is 10.1 Å². The van der Waals surface area contributed by atoms with E-state index in [1.165, 1.54) is 13.3 Å². The fourth-order valence-electron chi connectivity index (χ4n) is 3.24. The highest BCUT2D eigenvalue weighted by atomic mass is 16.5. The maximum Gasteiger partial charge on any atom is 0.291 e. The molecular weight excluding hydrogens is 354 g/mol. The number of nitrogens with one attached hydrogen (secondary N) is 1. The van der Waals surface area contributed by atoms with Gasteiger partial charge in [0.2, 0.25) is 11.7 Å². The zero-order valence-electron chi connectivity index (χ0n) is 15.4. The number of piperidine rings is 1. The van der Waals surface area contributed by atoms with E-state index in [1.807, 2.05) is 0 Å². The lowest BCUT2D eigenvalue weighted by Crippen LogP contribution is -2.52. The van der Waals surface area contributed by atoms with Crippen molar-refractivity contribution in [2.45, 2.75) is 38.8 Å². The van der Waals surface area contributed by atoms with Gasteiger partial charge >= 0.3 is 0 Å². The van der Waals surface area contributed by atoms with Gasteiger partial charge in [0.15, 0.2) is 5.82 Å². The number of hydrogen-bond acceptors (Lipinski definition) is 8. The summed E-state index contributed by atoms with van der Waals surface area (Å²) in [7, 11) is 1.55. The fourth-order valence-corrected chi connectivity index (χ4v) is 3.24. The Hall–Kier alpha value is -2.82. The van der Waals surface area contributed by atoms with Gasteiger partial charge in [0.1, 0.15) is 12.9 Å². The van der Waals surface area contributed by atoms with Gasteiger partial charge in [-0.1, -0.05) is 5.16 Å². The van der Waals surface area contributed by atoms with Crippen molar-refractivity contribution < 1.29 is 18.8 Å². The van der Waals surface area contributed by atoms with Crippen LogP contribution in [-0.4, -0.2) is 79.7 Å². The molecule has 3 rings (SSSR count). The average molecular weight is 377 g/mol. The first-order valence-corrected chi connectivity index (χ1v) is 8.80. The van der Waals surface area contributed by atoms with Gasteiger partial charge in [-0.15, -0.1) is 0 Å². The van der Waals surface area contributed by atoms with Crippen molar-refractivity contribution in [2.75, 3.05) is 26.7 Å². The SMILES string of the molecule is COCc1nc(CCN(C(C)=O)C2CCCN(C(=O)c3ncn[nH]3)C2)no1. The molecule has 27 heavy (non-hydrogen) atoms. The highest BCUT2D eigenvalue weighted by Crippen LogP contribution is 2.18. The van der Waals surface area contributed by atoms with Crippen LogP contribution in [0.2, 0.25) is 0 Å². The zero-order chi connectivity index (χ0) is 19.2. The predicted octanol–water partition coefficient (Wildman–Crippen LogP) is 0.0299. The van der Waals surface area contributed by atoms with Crippen LogP contribution in [0.4, 0.5) is 0 Å². The van der Waals surface area contributed by atoms with Gasteiger partial charge in [-0.3, -0.25) is 14.7 Å². The number of amides is 2. The third-order valence-corrected chi connectivity index (χ3v) is 4.50. The first-order chi connectivity index (χ1) is 13.1. The molecule has 11 nitrogen and oxygen atoms in total. The first-order valence-electron chi connectivity index (χ1n) is 8.80. The minimum absolute atomic E-state index is 0.0467. The summed E-state index contributed by atoms with van der Waals surface area (Å²) in [5.74, 6) is 0.891. The van der Waals surface area contributed by atoms with Gasteiger partial charge in [-0.05, 0) is 12.8 Å². The standard InChI is InChI=1S/C16H23N7O4/c1-11(24)23(7-5-13-19-14(9-26-2)27-21-13)12-4-3-6-22(8-12)16(25)15-17-10-18-20-15/h10,12H,3-9H2,1-2H3,(H,17,18,20). The summed E-state index contributed by atoms with van der Waals surface area (Å²) >= 11 is 0. The maximum absolute atomic E-state index is 12.5. The molecule has 146 valence electrons. The van der Waals surface area contributed by atoms with Crippen LogP contribution >= 0.6 is 0 Å². The summed E-state index contributed by atoms with van der Waals surface area (Å²) in [5, 5.41) is 10.2. The van der Waals surface area contributed by atoms with E-state index in [0.717, 1.165) is 12.8 Å². The van der Waals surface area contributed by atoms with Crippen LogP contribution in [-0.2, 0) is 22.6 Å². The minimum atomic E-state index is -0.205. The van der Waals surface area contributed by atoms with E-state index < -0.39 is 0 Å². The normalized spacial score (nSPS) is 17.1. The first kappa shape index (κ1) is 19.0. The van der Waals surface area contributed by atoms with Gasteiger partial charge in [0, 0.05) is 46.1 Å². The van der Waals surface area contributed by atoms with E-state index >= 15 is 0 Å². The molecule has 2 aromatic heterocycles. The van der Waals surface area contributed by atoms with Crippen LogP contribution in [0.15, 0.2) is 10.9 Å². The lowest BCUT2D eigenvalue weighted by atomic mass is 10.0. The lowest BCUT2D eigenvalue weighted by molar-refractivity contribution is -0.132. The summed E-state index contributed by atoms with van der Waals surface area (Å²) in [5.41, 5.74) is 0. The summed E-state index contributed by atoms with van der Waals surface area (Å²) in [6, 6.07) is -0.0616. The second-order valence-corrected chi connectivity index (χ2v) is 6.38. The van der Waals surface area contributed by atoms with Gasteiger partial charge in [0.25, 0.3) is 11.8 Å². The van der Waals surface area contributed by atoms with Crippen molar-refractivity contribution in [3.8, 4) is 0 Å². The monoisotopic (exact) mass is 377 g/mol. The Morgan fingerprint density at radius 1 is 1.48 bits per heavy atom. The van der Waals surface area contributed by atoms with E-state index in [1.54, 1.807) is 16.9 Å². The number of ether oxygens (including phenoxy) is 1. The number of likely N-dealkylation sites (tertiary alicyclic amines) is 1. The quantitative estimate of drug-likeness (QED) is 0.715. The van der Waals surface area contributed by atoms with Crippen LogP contribution < -0.4 is 0 Å². The molecule has 1 atom stereocenters. The largest absolute Gasteiger partial charge is 0.375 e. The Kier molecular flexibility index (Phi) is 6.12. The molecule has 0 aromatic carbocycles. The van der Waals surface area contributed by atoms with Crippen molar-refractivity contribution in [3.05, 3.63) is 23.9 Å². The molecule has 1 unspecified atom stereocenters. The molecule has 1 aliphatic rings. The van der Waals surface area contributed by atoms with Crippen molar-refractivity contribution in [1.29, 1.82) is 0 Å². The Morgan fingerprint density at radius 3 is 3.04 bits per heavy atom. The van der Waals surface area contributed by atoms with Crippen molar-refractivity contribution in [3.63, 3.8) is 0 Å². The number of rotatable bonds is 7. The number of carbonyl (C=O) groups is 2. The molecule has 2 aromatic rings. The van der Waals surface area contributed by atoms with Crippen LogP contribution in [0.25, 0.3) is 0 Å². The van der Waals surface area contributed by atoms with Crippen molar-refractivity contribution in [1.82, 2.24) is 35.1 Å². The van der Waals surface area contributed by atoms with Gasteiger partial charge in [0.05, 0.1) is 0 Å². The highest BCUT2D eigenvalue weighted by molar-refractivity contribution is 5.90. The van der Waals surface area contributed by atoms with Crippen molar-refractivity contribution >= 4 is 11.8 Å². The van der Waals surface area contributed by atoms with E-state index in [9.17, 15) is 9.59 Å². The Morgan fingerprint density at radius 2 is 2.33 bits per heavy atom. The number of carbonyl (C=O) groups excluding carboxylic acids is 2. The number of methoxy groups -OCH3 is 1. The summed E-state index contributed by atoms with van der Waals surface area (Å²) in [6.07, 6.45) is 3.42. The molecule has 2 amide bonds. The Labute approximate surface area is 156 Å². The van der Waals surface area contributed by atoms with E-state index in [2.05, 4.69) is 25.3 Å². The molecule has 11 heteroatoms. The molecule has 1 saturated heterocycles. The molecule has 1 fully saturated rings. The lowest BCUT2D eigenvalue weighted by Gasteiger charge is -2.38. The van der Waals surface area contributed by atoms with Crippen LogP contribution in [0.1, 0.15) is 42.1 Å². The topological polar surface area (TPSA) is 130 Å². The van der Waals surface area contributed by atoms with E-state index in [0.29, 0.717) is 37.8 Å². The average Bonchev–Trinajstić information content (AvgIpc) is 3.34. The number of aromatic amines is 1. The number of H-pyrrole nitrogens is 1. The molecule has 0 radical (unpaired) electrons. The summed E-state index contributed by atoms with van der Waals surface area (Å²) in [6.45, 7) is 3.33. The molecule has 1 N–H and O–H groups in total. The third-order valence-electron chi connectivity index (χ3n) is 4.50. The Balaban J connectivity index is 1.61. The fraction of sp³-hybridized carbons (Fsp3) is 0.625. The summed E-state index contributed by atoms with van der Waals surface area (Å²) < 4.78 is 10.0. The third kappa shape index (κ3) is 4.67. The highest BCUT2D eigenvalue weighted by Gasteiger charge is 2.30. The molecular formula is C16H23N7O4. The smallest absolute Gasteiger partial charge is 0.291 e. The molecule has 3 heterocycles. The predicted molar refractivity (Wildman–Crippen MR) is 91.4 cm³/mol. The van der Waals surface area contributed by atoms with Gasteiger partial charge in [-0.25, -0.2) is 4.98 Å². The van der Waals surface area contributed by atoms with Crippen LogP contribution in [0, 0.1) is 0 Å². The number of nitrogens with zero attached hydrogens (tertiary/aromatic N) is 6. The number of hydrogen-bond donors (Lipinski definition) is 1. The maximum atomic E-state index is 12.5. The van der Waals surface area contributed by atoms with Gasteiger partial charge < -0.3 is 19.1 Å². The van der Waals surface area contributed by atoms with E-state index in [4.69, 9.17) is 9.26 Å². The molecule has 0 spiro atoms. The molecule has 1 aliphatic heterocycles. The second kappa shape index (κ2) is 8.71.